The van der Waals surface area contributed by atoms with Crippen molar-refractivity contribution < 1.29 is 4.42 Å². The Morgan fingerprint density at radius 2 is 0.917 bits per heavy atom. The summed E-state index contributed by atoms with van der Waals surface area (Å²) in [5, 5.41) is 12.3. The number of para-hydroxylation sites is 2. The molecule has 0 aliphatic heterocycles. The molecule has 0 aliphatic rings. The van der Waals surface area contributed by atoms with E-state index in [-0.39, 0.29) is 0 Å². The first-order chi connectivity index (χ1) is 23.8. The maximum atomic E-state index is 6.43. The lowest BCUT2D eigenvalue weighted by molar-refractivity contribution is 0.672. The molecular formula is C46H29NO. The predicted molar refractivity (Wildman–Crippen MR) is 204 cm³/mol. The van der Waals surface area contributed by atoms with Gasteiger partial charge in [-0.05, 0) is 103 Å². The molecule has 0 saturated heterocycles. The van der Waals surface area contributed by atoms with Crippen LogP contribution in [-0.2, 0) is 0 Å². The fourth-order valence-electron chi connectivity index (χ4n) is 7.47. The molecule has 0 aliphatic carbocycles. The average molecular weight is 612 g/mol. The summed E-state index contributed by atoms with van der Waals surface area (Å²) in [6.07, 6.45) is 0. The highest BCUT2D eigenvalue weighted by atomic mass is 16.3. The van der Waals surface area contributed by atoms with Crippen molar-refractivity contribution in [2.24, 2.45) is 0 Å². The molecule has 0 bridgehead atoms. The summed E-state index contributed by atoms with van der Waals surface area (Å²) in [4.78, 5) is 2.32. The molecule has 1 heterocycles. The van der Waals surface area contributed by atoms with Crippen LogP contribution in [-0.4, -0.2) is 0 Å². The molecule has 0 radical (unpaired) electrons. The van der Waals surface area contributed by atoms with E-state index in [9.17, 15) is 0 Å². The Labute approximate surface area is 277 Å². The Kier molecular flexibility index (Phi) is 5.91. The molecule has 2 nitrogen and oxygen atoms in total. The van der Waals surface area contributed by atoms with Gasteiger partial charge in [0.1, 0.15) is 11.2 Å². The number of benzene rings is 9. The van der Waals surface area contributed by atoms with Crippen molar-refractivity contribution >= 4 is 82.1 Å². The number of hydrogen-bond donors (Lipinski definition) is 0. The fraction of sp³-hybridized carbons (Fsp3) is 0. The smallest absolute Gasteiger partial charge is 0.143 e. The summed E-state index contributed by atoms with van der Waals surface area (Å²) in [6.45, 7) is 0. The molecule has 1 aromatic heterocycles. The van der Waals surface area contributed by atoms with Crippen LogP contribution in [0, 0.1) is 0 Å². The van der Waals surface area contributed by atoms with E-state index in [1.807, 2.05) is 12.1 Å². The van der Waals surface area contributed by atoms with Gasteiger partial charge < -0.3 is 9.32 Å². The normalized spacial score (nSPS) is 11.8. The van der Waals surface area contributed by atoms with Gasteiger partial charge >= 0.3 is 0 Å². The van der Waals surface area contributed by atoms with Crippen LogP contribution in [0.15, 0.2) is 180 Å². The molecule has 0 atom stereocenters. The molecule has 0 fully saturated rings. The van der Waals surface area contributed by atoms with Gasteiger partial charge in [0.25, 0.3) is 0 Å². The number of fused-ring (bicyclic) bond motifs is 10. The second-order valence-electron chi connectivity index (χ2n) is 12.6. The van der Waals surface area contributed by atoms with Gasteiger partial charge in [-0.3, -0.25) is 0 Å². The number of rotatable bonds is 4. The molecule has 224 valence electrons. The lowest BCUT2D eigenvalue weighted by atomic mass is 9.94. The molecule has 9 aromatic carbocycles. The van der Waals surface area contributed by atoms with Crippen LogP contribution in [0.1, 0.15) is 0 Å². The Bertz CT molecular complexity index is 2830. The lowest BCUT2D eigenvalue weighted by Gasteiger charge is -2.26. The second-order valence-corrected chi connectivity index (χ2v) is 12.6. The van der Waals surface area contributed by atoms with Crippen molar-refractivity contribution in [1.82, 2.24) is 0 Å². The monoisotopic (exact) mass is 611 g/mol. The Hall–Kier alpha value is -6.38. The fourth-order valence-corrected chi connectivity index (χ4v) is 7.47. The highest BCUT2D eigenvalue weighted by molar-refractivity contribution is 6.20. The molecule has 0 amide bonds. The van der Waals surface area contributed by atoms with Gasteiger partial charge in [0.05, 0.1) is 0 Å². The molecule has 0 saturated carbocycles. The van der Waals surface area contributed by atoms with E-state index in [0.717, 1.165) is 49.8 Å². The maximum absolute atomic E-state index is 6.43. The van der Waals surface area contributed by atoms with Crippen molar-refractivity contribution in [3.05, 3.63) is 176 Å². The first kappa shape index (κ1) is 26.8. The third-order valence-corrected chi connectivity index (χ3v) is 9.80. The van der Waals surface area contributed by atoms with Crippen LogP contribution in [0.4, 0.5) is 17.1 Å². The van der Waals surface area contributed by atoms with Gasteiger partial charge in [-0.2, -0.15) is 0 Å². The van der Waals surface area contributed by atoms with Crippen molar-refractivity contribution in [3.63, 3.8) is 0 Å². The van der Waals surface area contributed by atoms with Gasteiger partial charge in [-0.1, -0.05) is 121 Å². The molecule has 48 heavy (non-hydrogen) atoms. The average Bonchev–Trinajstić information content (AvgIpc) is 3.54. The minimum Gasteiger partial charge on any atom is -0.455 e. The second kappa shape index (κ2) is 10.6. The summed E-state index contributed by atoms with van der Waals surface area (Å²) in [5.41, 5.74) is 7.52. The summed E-state index contributed by atoms with van der Waals surface area (Å²) in [6, 6.07) is 63.3. The largest absolute Gasteiger partial charge is 0.455 e. The SMILES string of the molecule is c1ccc(N(c2ccc(-c3ccc4c(ccc5ccc6ccccc6c54)c3)cc2)c2ccc3ccc4c5ccccc5oc4c3c2)cc1. The van der Waals surface area contributed by atoms with Crippen LogP contribution >= 0.6 is 0 Å². The summed E-state index contributed by atoms with van der Waals surface area (Å²) in [7, 11) is 0. The number of nitrogens with zero attached hydrogens (tertiary/aromatic N) is 1. The van der Waals surface area contributed by atoms with E-state index in [2.05, 4.69) is 169 Å². The van der Waals surface area contributed by atoms with Crippen LogP contribution in [0.25, 0.3) is 76.2 Å². The van der Waals surface area contributed by atoms with Crippen LogP contribution in [0.3, 0.4) is 0 Å². The first-order valence-electron chi connectivity index (χ1n) is 16.4. The molecule has 10 rings (SSSR count). The Balaban J connectivity index is 1.08. The van der Waals surface area contributed by atoms with E-state index < -0.39 is 0 Å². The molecule has 2 heteroatoms. The summed E-state index contributed by atoms with van der Waals surface area (Å²) < 4.78 is 6.43. The Morgan fingerprint density at radius 3 is 1.79 bits per heavy atom. The third kappa shape index (κ3) is 4.20. The van der Waals surface area contributed by atoms with E-state index in [1.165, 1.54) is 43.4 Å². The highest BCUT2D eigenvalue weighted by Crippen LogP contribution is 2.41. The topological polar surface area (TPSA) is 16.4 Å². The van der Waals surface area contributed by atoms with Crippen LogP contribution < -0.4 is 4.90 Å². The summed E-state index contributed by atoms with van der Waals surface area (Å²) >= 11 is 0. The molecular weight excluding hydrogens is 583 g/mol. The Morgan fingerprint density at radius 1 is 0.333 bits per heavy atom. The first-order valence-corrected chi connectivity index (χ1v) is 16.4. The maximum Gasteiger partial charge on any atom is 0.143 e. The third-order valence-electron chi connectivity index (χ3n) is 9.80. The lowest BCUT2D eigenvalue weighted by Crippen LogP contribution is -2.09. The standard InChI is InChI=1S/C46H29NO/c1-2-9-36(10-3-1)47(38-25-20-32-21-27-42-41-12-6-7-13-44(41)48-46(42)43(32)29-38)37-23-18-30(19-24-37)34-22-26-40-35(28-34)17-16-33-15-14-31-8-4-5-11-39(31)45(33)40/h1-29H. The van der Waals surface area contributed by atoms with Crippen molar-refractivity contribution in [1.29, 1.82) is 0 Å². The van der Waals surface area contributed by atoms with Crippen molar-refractivity contribution in [2.45, 2.75) is 0 Å². The van der Waals surface area contributed by atoms with Crippen LogP contribution in [0.5, 0.6) is 0 Å². The number of hydrogen-bond acceptors (Lipinski definition) is 2. The zero-order valence-electron chi connectivity index (χ0n) is 26.1. The molecule has 10 aromatic rings. The zero-order chi connectivity index (χ0) is 31.6. The van der Waals surface area contributed by atoms with E-state index >= 15 is 0 Å². The summed E-state index contributed by atoms with van der Waals surface area (Å²) in [5.74, 6) is 0. The molecule has 0 N–H and O–H groups in total. The van der Waals surface area contributed by atoms with Crippen LogP contribution in [0.2, 0.25) is 0 Å². The van der Waals surface area contributed by atoms with Gasteiger partial charge in [-0.25, -0.2) is 0 Å². The quantitative estimate of drug-likeness (QED) is 0.184. The van der Waals surface area contributed by atoms with Gasteiger partial charge in [0, 0.05) is 33.2 Å². The minimum absolute atomic E-state index is 0.913. The predicted octanol–water partition coefficient (Wildman–Crippen LogP) is 13.3. The van der Waals surface area contributed by atoms with E-state index in [1.54, 1.807) is 0 Å². The molecule has 0 unspecified atom stereocenters. The number of anilines is 3. The zero-order valence-corrected chi connectivity index (χ0v) is 26.1. The van der Waals surface area contributed by atoms with Gasteiger partial charge in [-0.15, -0.1) is 0 Å². The number of furan rings is 1. The van der Waals surface area contributed by atoms with Crippen molar-refractivity contribution in [2.75, 3.05) is 4.90 Å². The van der Waals surface area contributed by atoms with E-state index in [4.69, 9.17) is 4.42 Å². The van der Waals surface area contributed by atoms with E-state index in [0.29, 0.717) is 0 Å². The molecule has 0 spiro atoms. The minimum atomic E-state index is 0.913. The van der Waals surface area contributed by atoms with Gasteiger partial charge in [0.15, 0.2) is 0 Å². The van der Waals surface area contributed by atoms with Gasteiger partial charge in [0.2, 0.25) is 0 Å². The highest BCUT2D eigenvalue weighted by Gasteiger charge is 2.16. The van der Waals surface area contributed by atoms with Crippen molar-refractivity contribution in [3.8, 4) is 11.1 Å².